The summed E-state index contributed by atoms with van der Waals surface area (Å²) < 4.78 is 0. The molecule has 2 saturated heterocycles. The molecule has 4 rings (SSSR count). The first kappa shape index (κ1) is 24.5. The van der Waals surface area contributed by atoms with Gasteiger partial charge in [0.2, 0.25) is 5.91 Å². The van der Waals surface area contributed by atoms with Gasteiger partial charge in [0, 0.05) is 62.9 Å². The van der Waals surface area contributed by atoms with Crippen LogP contribution in [0.15, 0.2) is 41.9 Å². The number of piperazine rings is 1. The number of hydrogen-bond donors (Lipinski definition) is 1. The molecule has 11 nitrogen and oxygen atoms in total. The molecular weight excluding hydrogens is 450 g/mol. The number of anilines is 1. The summed E-state index contributed by atoms with van der Waals surface area (Å²) in [6.07, 6.45) is 5.57. The van der Waals surface area contributed by atoms with Gasteiger partial charge in [-0.1, -0.05) is 5.16 Å². The van der Waals surface area contributed by atoms with Gasteiger partial charge in [-0.15, -0.1) is 0 Å². The molecule has 1 amide bonds. The molecule has 0 bridgehead atoms. The van der Waals surface area contributed by atoms with Gasteiger partial charge in [0.05, 0.1) is 12.3 Å². The quantitative estimate of drug-likeness (QED) is 0.461. The third kappa shape index (κ3) is 5.09. The average Bonchev–Trinajstić information content (AvgIpc) is 3.30. The van der Waals surface area contributed by atoms with Gasteiger partial charge >= 0.3 is 5.97 Å². The summed E-state index contributed by atoms with van der Waals surface area (Å²) in [5, 5.41) is 13.7. The number of aliphatic carboxylic acids is 1. The fourth-order valence-corrected chi connectivity index (χ4v) is 4.84. The van der Waals surface area contributed by atoms with Crippen molar-refractivity contribution in [3.05, 3.63) is 36.8 Å². The van der Waals surface area contributed by atoms with E-state index in [0.29, 0.717) is 44.1 Å². The lowest BCUT2D eigenvalue weighted by molar-refractivity contribution is -0.144. The van der Waals surface area contributed by atoms with E-state index < -0.39 is 11.4 Å². The summed E-state index contributed by atoms with van der Waals surface area (Å²) in [4.78, 5) is 49.0. The van der Waals surface area contributed by atoms with Crippen LogP contribution >= 0.6 is 0 Å². The van der Waals surface area contributed by atoms with Gasteiger partial charge in [-0.25, -0.2) is 15.0 Å². The minimum atomic E-state index is -1.12. The third-order valence-electron chi connectivity index (χ3n) is 6.88. The Morgan fingerprint density at radius 1 is 1.20 bits per heavy atom. The fourth-order valence-electron chi connectivity index (χ4n) is 4.84. The molecule has 2 aliphatic heterocycles. The van der Waals surface area contributed by atoms with Gasteiger partial charge in [-0.05, 0) is 38.5 Å². The SMILES string of the molecule is CO/N=C(\C)C1(C(=O)O)CCN(CC(=O)N2CCN(c3ccc(-c4ncccn4)cn3)CC2C)C1. The maximum Gasteiger partial charge on any atom is 0.316 e. The minimum absolute atomic E-state index is 0.00110. The number of aromatic nitrogens is 3. The number of rotatable bonds is 7. The van der Waals surface area contributed by atoms with Crippen LogP contribution in [0.2, 0.25) is 0 Å². The molecule has 186 valence electrons. The fraction of sp³-hybridized carbons (Fsp3) is 0.500. The second-order valence-electron chi connectivity index (χ2n) is 9.07. The number of carboxylic acids is 1. The van der Waals surface area contributed by atoms with Crippen LogP contribution in [0.5, 0.6) is 0 Å². The molecule has 2 unspecified atom stereocenters. The van der Waals surface area contributed by atoms with E-state index in [1.807, 2.05) is 28.9 Å². The molecule has 2 aromatic rings. The minimum Gasteiger partial charge on any atom is -0.481 e. The molecule has 0 aromatic carbocycles. The van der Waals surface area contributed by atoms with Crippen LogP contribution in [-0.2, 0) is 14.4 Å². The van der Waals surface area contributed by atoms with E-state index in [1.165, 1.54) is 7.11 Å². The van der Waals surface area contributed by atoms with Crippen molar-refractivity contribution in [3.63, 3.8) is 0 Å². The van der Waals surface area contributed by atoms with Crippen molar-refractivity contribution in [3.8, 4) is 11.4 Å². The molecule has 4 heterocycles. The largest absolute Gasteiger partial charge is 0.481 e. The lowest BCUT2D eigenvalue weighted by Gasteiger charge is -2.41. The zero-order valence-electron chi connectivity index (χ0n) is 20.3. The van der Waals surface area contributed by atoms with Gasteiger partial charge in [0.1, 0.15) is 18.3 Å². The zero-order chi connectivity index (χ0) is 25.0. The first-order chi connectivity index (χ1) is 16.8. The van der Waals surface area contributed by atoms with Crippen LogP contribution < -0.4 is 4.90 Å². The topological polar surface area (TPSA) is 124 Å². The summed E-state index contributed by atoms with van der Waals surface area (Å²) in [7, 11) is 1.40. The smallest absolute Gasteiger partial charge is 0.316 e. The Bertz CT molecular complexity index is 1080. The highest BCUT2D eigenvalue weighted by Gasteiger charge is 2.48. The number of nitrogens with zero attached hydrogens (tertiary/aromatic N) is 7. The van der Waals surface area contributed by atoms with Crippen molar-refractivity contribution in [1.29, 1.82) is 0 Å². The first-order valence-electron chi connectivity index (χ1n) is 11.7. The van der Waals surface area contributed by atoms with Crippen molar-refractivity contribution < 1.29 is 19.5 Å². The molecule has 2 aromatic heterocycles. The highest BCUT2D eigenvalue weighted by atomic mass is 16.6. The Morgan fingerprint density at radius 3 is 2.60 bits per heavy atom. The maximum atomic E-state index is 13.1. The second kappa shape index (κ2) is 10.3. The van der Waals surface area contributed by atoms with Gasteiger partial charge in [-0.3, -0.25) is 14.5 Å². The molecule has 0 radical (unpaired) electrons. The van der Waals surface area contributed by atoms with E-state index in [4.69, 9.17) is 4.84 Å². The summed E-state index contributed by atoms with van der Waals surface area (Å²) >= 11 is 0. The van der Waals surface area contributed by atoms with Gasteiger partial charge in [-0.2, -0.15) is 0 Å². The van der Waals surface area contributed by atoms with Crippen molar-refractivity contribution in [1.82, 2.24) is 24.8 Å². The van der Waals surface area contributed by atoms with E-state index in [0.717, 1.165) is 11.4 Å². The monoisotopic (exact) mass is 481 g/mol. The summed E-state index contributed by atoms with van der Waals surface area (Å²) in [5.74, 6) is 0.546. The lowest BCUT2D eigenvalue weighted by atomic mass is 9.83. The van der Waals surface area contributed by atoms with Crippen molar-refractivity contribution >= 4 is 23.4 Å². The molecule has 0 saturated carbocycles. The lowest BCUT2D eigenvalue weighted by Crippen LogP contribution is -2.56. The summed E-state index contributed by atoms with van der Waals surface area (Å²) in [5.41, 5.74) is 0.148. The van der Waals surface area contributed by atoms with Gasteiger partial charge in [0.15, 0.2) is 5.82 Å². The number of oxime groups is 1. The zero-order valence-corrected chi connectivity index (χ0v) is 20.3. The van der Waals surface area contributed by atoms with Crippen LogP contribution in [0.3, 0.4) is 0 Å². The Hall–Kier alpha value is -3.60. The second-order valence-corrected chi connectivity index (χ2v) is 9.07. The number of likely N-dealkylation sites (tertiary alicyclic amines) is 1. The van der Waals surface area contributed by atoms with E-state index in [2.05, 4.69) is 25.0 Å². The maximum absolute atomic E-state index is 13.1. The summed E-state index contributed by atoms with van der Waals surface area (Å²) in [6, 6.07) is 5.68. The number of hydrogen-bond acceptors (Lipinski definition) is 9. The molecule has 11 heteroatoms. The Balaban J connectivity index is 1.35. The Kier molecular flexibility index (Phi) is 7.25. The highest BCUT2D eigenvalue weighted by molar-refractivity contribution is 6.05. The van der Waals surface area contributed by atoms with Crippen LogP contribution in [0.25, 0.3) is 11.4 Å². The highest BCUT2D eigenvalue weighted by Crippen LogP contribution is 2.33. The van der Waals surface area contributed by atoms with E-state index in [-0.39, 0.29) is 25.0 Å². The number of carbonyl (C=O) groups excluding carboxylic acids is 1. The van der Waals surface area contributed by atoms with Gasteiger partial charge in [0.25, 0.3) is 0 Å². The number of amides is 1. The van der Waals surface area contributed by atoms with Crippen LogP contribution in [0.4, 0.5) is 5.82 Å². The molecule has 2 atom stereocenters. The number of carbonyl (C=O) groups is 2. The van der Waals surface area contributed by atoms with E-state index in [9.17, 15) is 14.7 Å². The first-order valence-corrected chi connectivity index (χ1v) is 11.7. The van der Waals surface area contributed by atoms with Crippen molar-refractivity contribution in [2.24, 2.45) is 10.6 Å². The normalized spacial score (nSPS) is 23.4. The molecule has 2 aliphatic rings. The van der Waals surface area contributed by atoms with Crippen molar-refractivity contribution in [2.45, 2.75) is 26.3 Å². The molecular formula is C24H31N7O4. The predicted molar refractivity (Wildman–Crippen MR) is 130 cm³/mol. The molecule has 35 heavy (non-hydrogen) atoms. The predicted octanol–water partition coefficient (Wildman–Crippen LogP) is 1.37. The molecule has 0 spiro atoms. The van der Waals surface area contributed by atoms with Crippen LogP contribution in [0, 0.1) is 5.41 Å². The van der Waals surface area contributed by atoms with E-state index >= 15 is 0 Å². The average molecular weight is 482 g/mol. The van der Waals surface area contributed by atoms with Crippen LogP contribution in [-0.4, -0.2) is 99.9 Å². The van der Waals surface area contributed by atoms with Crippen LogP contribution in [0.1, 0.15) is 20.3 Å². The molecule has 2 fully saturated rings. The Labute approximate surface area is 204 Å². The Morgan fingerprint density at radius 2 is 1.97 bits per heavy atom. The van der Waals surface area contributed by atoms with Crippen molar-refractivity contribution in [2.75, 3.05) is 51.3 Å². The number of carboxylic acid groups (broad SMARTS) is 1. The molecule has 1 N–H and O–H groups in total. The third-order valence-corrected chi connectivity index (χ3v) is 6.88. The van der Waals surface area contributed by atoms with Gasteiger partial charge < -0.3 is 19.7 Å². The summed E-state index contributed by atoms with van der Waals surface area (Å²) in [6.45, 7) is 6.54. The number of pyridine rings is 1. The standard InChI is InChI=1S/C24H31N7O4/c1-17-14-30(20-6-5-19(13-27-20)22-25-8-4-9-26-22)11-12-31(17)21(32)15-29-10-7-24(16-29,23(33)34)18(2)28-35-3/h4-6,8-9,13,17H,7,10-12,14-16H2,1-3H3,(H,33,34)/b28-18+. The molecule has 0 aliphatic carbocycles. The van der Waals surface area contributed by atoms with E-state index in [1.54, 1.807) is 31.6 Å².